The second-order valence-electron chi connectivity index (χ2n) is 5.53. The normalized spacial score (nSPS) is 23.2. The average molecular weight is 417 g/mol. The van der Waals surface area contributed by atoms with E-state index >= 15 is 0 Å². The first-order valence-corrected chi connectivity index (χ1v) is 9.49. The van der Waals surface area contributed by atoms with Crippen molar-refractivity contribution in [3.8, 4) is 0 Å². The van der Waals surface area contributed by atoms with Gasteiger partial charge in [0.05, 0.1) is 21.6 Å². The molecule has 0 bridgehead atoms. The highest BCUT2D eigenvalue weighted by Crippen LogP contribution is 2.30. The SMILES string of the molecule is CC1(C)CN(S(=O)(=O)c2ccc(Cl)c(Br)c2)CC(CCl)O1. The van der Waals surface area contributed by atoms with Crippen LogP contribution in [0.15, 0.2) is 27.6 Å². The maximum Gasteiger partial charge on any atom is 0.243 e. The van der Waals surface area contributed by atoms with Crippen LogP contribution in [0.5, 0.6) is 0 Å². The van der Waals surface area contributed by atoms with E-state index in [4.69, 9.17) is 27.9 Å². The Balaban J connectivity index is 2.36. The summed E-state index contributed by atoms with van der Waals surface area (Å²) in [7, 11) is -3.61. The van der Waals surface area contributed by atoms with Gasteiger partial charge in [0.15, 0.2) is 0 Å². The fourth-order valence-corrected chi connectivity index (χ4v) is 4.75. The molecule has 2 rings (SSSR count). The lowest BCUT2D eigenvalue weighted by Gasteiger charge is -2.41. The van der Waals surface area contributed by atoms with Crippen molar-refractivity contribution in [2.75, 3.05) is 19.0 Å². The second kappa shape index (κ2) is 6.34. The molecular formula is C13H16BrCl2NO3S. The van der Waals surface area contributed by atoms with Gasteiger partial charge in [-0.25, -0.2) is 8.42 Å². The minimum absolute atomic E-state index is 0.199. The molecule has 0 radical (unpaired) electrons. The number of sulfonamides is 1. The zero-order valence-electron chi connectivity index (χ0n) is 11.6. The van der Waals surface area contributed by atoms with Gasteiger partial charge in [-0.1, -0.05) is 11.6 Å². The van der Waals surface area contributed by atoms with Gasteiger partial charge < -0.3 is 4.74 Å². The molecule has 118 valence electrons. The predicted octanol–water partition coefficient (Wildman–Crippen LogP) is 3.51. The fraction of sp³-hybridized carbons (Fsp3) is 0.538. The number of hydrogen-bond donors (Lipinski definition) is 0. The molecule has 1 fully saturated rings. The van der Waals surface area contributed by atoms with Crippen LogP contribution in [0.2, 0.25) is 5.02 Å². The van der Waals surface area contributed by atoms with Crippen LogP contribution in [0.4, 0.5) is 0 Å². The monoisotopic (exact) mass is 415 g/mol. The maximum absolute atomic E-state index is 12.8. The Kier molecular flexibility index (Phi) is 5.28. The topological polar surface area (TPSA) is 46.6 Å². The minimum Gasteiger partial charge on any atom is -0.368 e. The third kappa shape index (κ3) is 3.92. The van der Waals surface area contributed by atoms with E-state index in [1.54, 1.807) is 6.07 Å². The van der Waals surface area contributed by atoms with Gasteiger partial charge in [0, 0.05) is 23.4 Å². The summed E-state index contributed by atoms with van der Waals surface area (Å²) in [5, 5.41) is 0.467. The standard InChI is InChI=1S/C13H16BrCl2NO3S/c1-13(2)8-17(7-9(6-15)20-13)21(18,19)10-3-4-12(16)11(14)5-10/h3-5,9H,6-8H2,1-2H3. The smallest absolute Gasteiger partial charge is 0.243 e. The quantitative estimate of drug-likeness (QED) is 0.708. The molecule has 4 nitrogen and oxygen atoms in total. The highest BCUT2D eigenvalue weighted by Gasteiger charge is 2.39. The van der Waals surface area contributed by atoms with E-state index < -0.39 is 15.6 Å². The number of rotatable bonds is 3. The van der Waals surface area contributed by atoms with E-state index in [1.165, 1.54) is 16.4 Å². The molecule has 21 heavy (non-hydrogen) atoms. The third-order valence-electron chi connectivity index (χ3n) is 3.15. The molecule has 1 heterocycles. The molecule has 0 amide bonds. The summed E-state index contributed by atoms with van der Waals surface area (Å²) in [5.41, 5.74) is -0.575. The van der Waals surface area contributed by atoms with Crippen molar-refractivity contribution in [2.45, 2.75) is 30.4 Å². The van der Waals surface area contributed by atoms with Crippen LogP contribution in [0, 0.1) is 0 Å². The molecule has 0 aliphatic carbocycles. The van der Waals surface area contributed by atoms with Crippen molar-refractivity contribution in [3.05, 3.63) is 27.7 Å². The minimum atomic E-state index is -3.61. The van der Waals surface area contributed by atoms with E-state index in [0.29, 0.717) is 9.50 Å². The highest BCUT2D eigenvalue weighted by molar-refractivity contribution is 9.10. The number of alkyl halides is 1. The number of benzene rings is 1. The first-order valence-electron chi connectivity index (χ1n) is 6.35. The lowest BCUT2D eigenvalue weighted by molar-refractivity contribution is -0.107. The number of ether oxygens (including phenoxy) is 1. The summed E-state index contributed by atoms with van der Waals surface area (Å²) >= 11 is 15.0. The predicted molar refractivity (Wildman–Crippen MR) is 87.6 cm³/mol. The van der Waals surface area contributed by atoms with Crippen LogP contribution in [0.1, 0.15) is 13.8 Å². The van der Waals surface area contributed by atoms with Crippen molar-refractivity contribution < 1.29 is 13.2 Å². The largest absolute Gasteiger partial charge is 0.368 e. The zero-order valence-corrected chi connectivity index (χ0v) is 15.6. The molecule has 1 atom stereocenters. The van der Waals surface area contributed by atoms with Gasteiger partial charge >= 0.3 is 0 Å². The molecular weight excluding hydrogens is 401 g/mol. The molecule has 0 aromatic heterocycles. The van der Waals surface area contributed by atoms with E-state index in [-0.39, 0.29) is 30.0 Å². The molecule has 0 spiro atoms. The molecule has 1 saturated heterocycles. The van der Waals surface area contributed by atoms with E-state index in [2.05, 4.69) is 15.9 Å². The van der Waals surface area contributed by atoms with Gasteiger partial charge in [0.1, 0.15) is 0 Å². The highest BCUT2D eigenvalue weighted by atomic mass is 79.9. The summed E-state index contributed by atoms with van der Waals surface area (Å²) in [5.74, 6) is 0.250. The number of hydrogen-bond acceptors (Lipinski definition) is 3. The van der Waals surface area contributed by atoms with Crippen LogP contribution in [0.25, 0.3) is 0 Å². The zero-order chi connectivity index (χ0) is 15.8. The first kappa shape index (κ1) is 17.5. The Morgan fingerprint density at radius 1 is 1.48 bits per heavy atom. The van der Waals surface area contributed by atoms with Crippen molar-refractivity contribution in [2.24, 2.45) is 0 Å². The summed E-state index contributed by atoms with van der Waals surface area (Å²) in [6, 6.07) is 4.57. The average Bonchev–Trinajstić information content (AvgIpc) is 2.39. The molecule has 0 saturated carbocycles. The van der Waals surface area contributed by atoms with E-state index in [0.717, 1.165) is 0 Å². The Morgan fingerprint density at radius 3 is 2.71 bits per heavy atom. The van der Waals surface area contributed by atoms with Crippen molar-refractivity contribution in [3.63, 3.8) is 0 Å². The van der Waals surface area contributed by atoms with Crippen molar-refractivity contribution in [1.29, 1.82) is 0 Å². The molecule has 1 aliphatic rings. The summed E-state index contributed by atoms with van der Waals surface area (Å²) in [4.78, 5) is 0.199. The van der Waals surface area contributed by atoms with Gasteiger partial charge in [-0.05, 0) is 48.0 Å². The molecule has 1 aliphatic heterocycles. The van der Waals surface area contributed by atoms with Gasteiger partial charge in [-0.15, -0.1) is 11.6 Å². The number of morpholine rings is 1. The molecule has 0 N–H and O–H groups in total. The van der Waals surface area contributed by atoms with Crippen LogP contribution in [0.3, 0.4) is 0 Å². The van der Waals surface area contributed by atoms with E-state index in [1.807, 2.05) is 13.8 Å². The molecule has 1 aromatic rings. The summed E-state index contributed by atoms with van der Waals surface area (Å²) in [6.45, 7) is 4.23. The molecule has 1 unspecified atom stereocenters. The van der Waals surface area contributed by atoms with Crippen LogP contribution in [-0.2, 0) is 14.8 Å². The van der Waals surface area contributed by atoms with Crippen LogP contribution < -0.4 is 0 Å². The van der Waals surface area contributed by atoms with Crippen molar-refractivity contribution in [1.82, 2.24) is 4.31 Å². The van der Waals surface area contributed by atoms with Gasteiger partial charge in [-0.2, -0.15) is 4.31 Å². The fourth-order valence-electron chi connectivity index (χ4n) is 2.29. The summed E-state index contributed by atoms with van der Waals surface area (Å²) < 4.78 is 33.2. The van der Waals surface area contributed by atoms with Gasteiger partial charge in [0.2, 0.25) is 10.0 Å². The lowest BCUT2D eigenvalue weighted by Crippen LogP contribution is -2.55. The lowest BCUT2D eigenvalue weighted by atomic mass is 10.1. The summed E-state index contributed by atoms with van der Waals surface area (Å²) in [6.07, 6.45) is -0.319. The Bertz CT molecular complexity index is 636. The number of halogens is 3. The van der Waals surface area contributed by atoms with Crippen LogP contribution >= 0.6 is 39.1 Å². The first-order chi connectivity index (χ1) is 9.65. The third-order valence-corrected chi connectivity index (χ3v) is 6.52. The number of nitrogens with zero attached hydrogens (tertiary/aromatic N) is 1. The van der Waals surface area contributed by atoms with Gasteiger partial charge in [0.25, 0.3) is 0 Å². The van der Waals surface area contributed by atoms with Crippen LogP contribution in [-0.4, -0.2) is 43.4 Å². The van der Waals surface area contributed by atoms with Gasteiger partial charge in [-0.3, -0.25) is 0 Å². The Labute approximate surface area is 143 Å². The second-order valence-corrected chi connectivity index (χ2v) is 9.04. The molecule has 8 heteroatoms. The molecule has 1 aromatic carbocycles. The Morgan fingerprint density at radius 2 is 2.14 bits per heavy atom. The maximum atomic E-state index is 12.8. The van der Waals surface area contributed by atoms with E-state index in [9.17, 15) is 8.42 Å². The Hall–Kier alpha value is 0.150. The van der Waals surface area contributed by atoms with Crippen molar-refractivity contribution >= 4 is 49.2 Å².